The van der Waals surface area contributed by atoms with Crippen LogP contribution in [0.5, 0.6) is 0 Å². The Morgan fingerprint density at radius 1 is 1.56 bits per heavy atom. The molecule has 2 rings (SSSR count). The van der Waals surface area contributed by atoms with E-state index in [1.807, 2.05) is 0 Å². The number of anilines is 2. The van der Waals surface area contributed by atoms with Gasteiger partial charge in [0.15, 0.2) is 0 Å². The number of methoxy groups -OCH3 is 1. The zero-order valence-corrected chi connectivity index (χ0v) is 10.2. The summed E-state index contributed by atoms with van der Waals surface area (Å²) >= 11 is 0. The van der Waals surface area contributed by atoms with Crippen molar-refractivity contribution in [3.8, 4) is 0 Å². The maximum atomic E-state index is 10.9. The highest BCUT2D eigenvalue weighted by molar-refractivity contribution is 5.57. The summed E-state index contributed by atoms with van der Waals surface area (Å²) in [6, 6.07) is 0.160. The summed E-state index contributed by atoms with van der Waals surface area (Å²) in [5, 5.41) is 16.7. The Bertz CT molecular complexity index is 447. The van der Waals surface area contributed by atoms with E-state index >= 15 is 0 Å². The average molecular weight is 253 g/mol. The van der Waals surface area contributed by atoms with E-state index in [9.17, 15) is 10.1 Å². The fourth-order valence-corrected chi connectivity index (χ4v) is 1.81. The number of nitrogens with one attached hydrogen (secondary N) is 2. The Hall–Kier alpha value is -1.96. The first-order valence-corrected chi connectivity index (χ1v) is 5.62. The first-order chi connectivity index (χ1) is 8.63. The highest BCUT2D eigenvalue weighted by Gasteiger charge is 2.31. The summed E-state index contributed by atoms with van der Waals surface area (Å²) in [5.74, 6) is 0.601. The number of nitro groups is 1. The fraction of sp³-hybridized carbons (Fsp3) is 0.600. The van der Waals surface area contributed by atoms with Crippen molar-refractivity contribution in [2.24, 2.45) is 0 Å². The predicted octanol–water partition coefficient (Wildman–Crippen LogP) is 1.02. The van der Waals surface area contributed by atoms with Gasteiger partial charge in [0, 0.05) is 20.2 Å². The van der Waals surface area contributed by atoms with Crippen molar-refractivity contribution < 1.29 is 9.66 Å². The third kappa shape index (κ3) is 2.48. The molecule has 1 aliphatic rings. The molecule has 8 nitrogen and oxygen atoms in total. The molecule has 1 aromatic heterocycles. The van der Waals surface area contributed by atoms with Crippen LogP contribution in [0, 0.1) is 10.1 Å². The van der Waals surface area contributed by atoms with Crippen molar-refractivity contribution in [2.75, 3.05) is 24.8 Å². The molecule has 1 saturated carbocycles. The van der Waals surface area contributed by atoms with E-state index in [2.05, 4.69) is 20.6 Å². The molecule has 2 N–H and O–H groups in total. The molecule has 8 heteroatoms. The molecule has 1 aromatic rings. The third-order valence-electron chi connectivity index (χ3n) is 2.96. The number of hydrogen-bond donors (Lipinski definition) is 2. The quantitative estimate of drug-likeness (QED) is 0.596. The van der Waals surface area contributed by atoms with Crippen LogP contribution in [0.1, 0.15) is 12.8 Å². The molecule has 1 fully saturated rings. The van der Waals surface area contributed by atoms with Gasteiger partial charge in [-0.25, -0.2) is 4.98 Å². The van der Waals surface area contributed by atoms with Crippen molar-refractivity contribution in [1.29, 1.82) is 0 Å². The molecule has 0 amide bonds. The summed E-state index contributed by atoms with van der Waals surface area (Å²) in [6.07, 6.45) is 3.08. The highest BCUT2D eigenvalue weighted by Crippen LogP contribution is 2.29. The van der Waals surface area contributed by atoms with Gasteiger partial charge in [0.2, 0.25) is 11.8 Å². The summed E-state index contributed by atoms with van der Waals surface area (Å²) in [7, 11) is 3.32. The van der Waals surface area contributed by atoms with Gasteiger partial charge < -0.3 is 15.4 Å². The smallest absolute Gasteiger partial charge is 0.329 e. The molecule has 0 aliphatic heterocycles. The van der Waals surface area contributed by atoms with Crippen molar-refractivity contribution in [2.45, 2.75) is 25.0 Å². The SMILES string of the molecule is CNc1ncc([N+](=O)[O-])c(NC2CC(OC)C2)n1. The molecular weight excluding hydrogens is 238 g/mol. The number of nitrogens with zero attached hydrogens (tertiary/aromatic N) is 3. The third-order valence-corrected chi connectivity index (χ3v) is 2.96. The lowest BCUT2D eigenvalue weighted by atomic mass is 9.89. The van der Waals surface area contributed by atoms with Crippen LogP contribution in [0.4, 0.5) is 17.5 Å². The Morgan fingerprint density at radius 3 is 2.83 bits per heavy atom. The minimum Gasteiger partial charge on any atom is -0.381 e. The molecule has 0 atom stereocenters. The van der Waals surface area contributed by atoms with Crippen LogP contribution in [-0.2, 0) is 4.74 Å². The van der Waals surface area contributed by atoms with Gasteiger partial charge in [-0.05, 0) is 12.8 Å². The van der Waals surface area contributed by atoms with Gasteiger partial charge in [-0.3, -0.25) is 10.1 Å². The summed E-state index contributed by atoms with van der Waals surface area (Å²) in [6.45, 7) is 0. The van der Waals surface area contributed by atoms with E-state index in [-0.39, 0.29) is 23.7 Å². The minimum absolute atomic E-state index is 0.116. The van der Waals surface area contributed by atoms with Gasteiger partial charge in [0.1, 0.15) is 6.20 Å². The molecule has 0 aromatic carbocycles. The van der Waals surface area contributed by atoms with Gasteiger partial charge in [0.25, 0.3) is 0 Å². The zero-order valence-electron chi connectivity index (χ0n) is 10.2. The maximum Gasteiger partial charge on any atom is 0.329 e. The monoisotopic (exact) mass is 253 g/mol. The van der Waals surface area contributed by atoms with E-state index in [0.717, 1.165) is 12.8 Å². The van der Waals surface area contributed by atoms with Gasteiger partial charge in [-0.2, -0.15) is 4.98 Å². The standard InChI is InChI=1S/C10H15N5O3/c1-11-10-12-5-8(15(16)17)9(14-10)13-6-3-7(4-6)18-2/h5-7H,3-4H2,1-2H3,(H2,11,12,13,14). The van der Waals surface area contributed by atoms with E-state index in [0.29, 0.717) is 5.95 Å². The fourth-order valence-electron chi connectivity index (χ4n) is 1.81. The van der Waals surface area contributed by atoms with E-state index in [1.165, 1.54) is 6.20 Å². The Kier molecular flexibility index (Phi) is 3.56. The lowest BCUT2D eigenvalue weighted by Crippen LogP contribution is -2.40. The zero-order chi connectivity index (χ0) is 13.1. The summed E-state index contributed by atoms with van der Waals surface area (Å²) in [5.41, 5.74) is -0.116. The van der Waals surface area contributed by atoms with Crippen LogP contribution < -0.4 is 10.6 Å². The second-order valence-electron chi connectivity index (χ2n) is 4.10. The van der Waals surface area contributed by atoms with E-state index in [4.69, 9.17) is 4.74 Å². The van der Waals surface area contributed by atoms with E-state index in [1.54, 1.807) is 14.2 Å². The van der Waals surface area contributed by atoms with Crippen molar-refractivity contribution >= 4 is 17.5 Å². The number of aromatic nitrogens is 2. The van der Waals surface area contributed by atoms with Gasteiger partial charge in [-0.15, -0.1) is 0 Å². The lowest BCUT2D eigenvalue weighted by molar-refractivity contribution is -0.384. The first kappa shape index (κ1) is 12.5. The molecule has 1 aliphatic carbocycles. The second-order valence-corrected chi connectivity index (χ2v) is 4.10. The van der Waals surface area contributed by atoms with Gasteiger partial charge >= 0.3 is 5.69 Å². The van der Waals surface area contributed by atoms with Crippen molar-refractivity contribution in [1.82, 2.24) is 9.97 Å². The highest BCUT2D eigenvalue weighted by atomic mass is 16.6. The van der Waals surface area contributed by atoms with Gasteiger partial charge in [-0.1, -0.05) is 0 Å². The van der Waals surface area contributed by atoms with Crippen molar-refractivity contribution in [3.05, 3.63) is 16.3 Å². The number of ether oxygens (including phenoxy) is 1. The lowest BCUT2D eigenvalue weighted by Gasteiger charge is -2.34. The molecule has 18 heavy (non-hydrogen) atoms. The maximum absolute atomic E-state index is 10.9. The van der Waals surface area contributed by atoms with E-state index < -0.39 is 4.92 Å². The summed E-state index contributed by atoms with van der Waals surface area (Å²) in [4.78, 5) is 18.3. The number of hydrogen-bond acceptors (Lipinski definition) is 7. The van der Waals surface area contributed by atoms with Gasteiger partial charge in [0.05, 0.1) is 11.0 Å². The number of rotatable bonds is 5. The van der Waals surface area contributed by atoms with Crippen LogP contribution in [0.15, 0.2) is 6.20 Å². The normalized spacial score (nSPS) is 22.1. The molecular formula is C10H15N5O3. The van der Waals surface area contributed by atoms with Crippen LogP contribution in [0.3, 0.4) is 0 Å². The predicted molar refractivity (Wildman–Crippen MR) is 65.7 cm³/mol. The molecule has 1 heterocycles. The minimum atomic E-state index is -0.492. The average Bonchev–Trinajstić information content (AvgIpc) is 2.32. The van der Waals surface area contributed by atoms with Crippen LogP contribution in [0.25, 0.3) is 0 Å². The molecule has 0 bridgehead atoms. The van der Waals surface area contributed by atoms with Crippen LogP contribution in [0.2, 0.25) is 0 Å². The summed E-state index contributed by atoms with van der Waals surface area (Å²) < 4.78 is 5.16. The molecule has 0 spiro atoms. The van der Waals surface area contributed by atoms with Crippen LogP contribution in [-0.4, -0.2) is 41.2 Å². The molecule has 98 valence electrons. The topological polar surface area (TPSA) is 102 Å². The largest absolute Gasteiger partial charge is 0.381 e. The Balaban J connectivity index is 2.12. The second kappa shape index (κ2) is 5.13. The Morgan fingerprint density at radius 2 is 2.28 bits per heavy atom. The Labute approximate surface area is 104 Å². The van der Waals surface area contributed by atoms with Crippen LogP contribution >= 0.6 is 0 Å². The molecule has 0 saturated heterocycles. The molecule has 0 unspecified atom stereocenters. The first-order valence-electron chi connectivity index (χ1n) is 5.62. The van der Waals surface area contributed by atoms with Crippen molar-refractivity contribution in [3.63, 3.8) is 0 Å². The molecule has 0 radical (unpaired) electrons.